The van der Waals surface area contributed by atoms with Crippen molar-refractivity contribution in [2.45, 2.75) is 0 Å². The number of ether oxygens (including phenoxy) is 1. The third-order valence-corrected chi connectivity index (χ3v) is 2.55. The van der Waals surface area contributed by atoms with Crippen LogP contribution in [0.15, 0.2) is 29.3 Å². The zero-order valence-electron chi connectivity index (χ0n) is 10.3. The zero-order valence-corrected chi connectivity index (χ0v) is 10.3. The van der Waals surface area contributed by atoms with Gasteiger partial charge in [0, 0.05) is 26.0 Å². The number of rotatable bonds is 4. The van der Waals surface area contributed by atoms with Gasteiger partial charge in [0.1, 0.15) is 5.56 Å². The summed E-state index contributed by atoms with van der Waals surface area (Å²) in [7, 11) is 1.52. The number of nitrogens with zero attached hydrogens (tertiary/aromatic N) is 2. The zero-order chi connectivity index (χ0) is 13.8. The molecule has 2 aromatic heterocycles. The highest BCUT2D eigenvalue weighted by Gasteiger charge is 2.13. The highest BCUT2D eigenvalue weighted by Crippen LogP contribution is 2.12. The third-order valence-electron chi connectivity index (χ3n) is 2.55. The van der Waals surface area contributed by atoms with E-state index in [4.69, 9.17) is 4.74 Å². The lowest BCUT2D eigenvalue weighted by Crippen LogP contribution is -2.33. The van der Waals surface area contributed by atoms with Gasteiger partial charge in [0.25, 0.3) is 11.5 Å². The molecule has 0 radical (unpaired) electrons. The van der Waals surface area contributed by atoms with E-state index in [0.717, 1.165) is 10.6 Å². The van der Waals surface area contributed by atoms with E-state index in [1.807, 2.05) is 0 Å². The maximum atomic E-state index is 12.1. The predicted octanol–water partition coefficient (Wildman–Crippen LogP) is -0.224. The summed E-state index contributed by atoms with van der Waals surface area (Å²) in [6.07, 6.45) is 2.59. The summed E-state index contributed by atoms with van der Waals surface area (Å²) in [6, 6.07) is 2.91. The molecule has 0 bridgehead atoms. The number of amides is 1. The highest BCUT2D eigenvalue weighted by molar-refractivity contribution is 5.93. The lowest BCUT2D eigenvalue weighted by molar-refractivity contribution is 0.0935. The third kappa shape index (κ3) is 2.55. The normalized spacial score (nSPS) is 10.6. The number of aromatic hydroxyl groups is 1. The van der Waals surface area contributed by atoms with Crippen LogP contribution in [0.1, 0.15) is 10.4 Å². The molecule has 0 unspecified atom stereocenters. The Labute approximate surface area is 108 Å². The summed E-state index contributed by atoms with van der Waals surface area (Å²) in [5, 5.41) is 12.1. The fourth-order valence-corrected chi connectivity index (χ4v) is 1.61. The number of carbonyl (C=O) groups excluding carboxylic acids is 1. The molecule has 0 fully saturated rings. The van der Waals surface area contributed by atoms with E-state index < -0.39 is 11.5 Å². The van der Waals surface area contributed by atoms with Gasteiger partial charge in [0.05, 0.1) is 6.61 Å². The Morgan fingerprint density at radius 2 is 2.37 bits per heavy atom. The minimum atomic E-state index is -0.532. The molecule has 0 atom stereocenters. The molecule has 0 aromatic carbocycles. The van der Waals surface area contributed by atoms with Gasteiger partial charge >= 0.3 is 0 Å². The monoisotopic (exact) mass is 263 g/mol. The molecule has 2 rings (SSSR count). The molecule has 7 heteroatoms. The maximum Gasteiger partial charge on any atom is 0.270 e. The second-order valence-corrected chi connectivity index (χ2v) is 3.81. The van der Waals surface area contributed by atoms with Crippen molar-refractivity contribution in [3.8, 4) is 5.75 Å². The van der Waals surface area contributed by atoms with E-state index in [9.17, 15) is 14.7 Å². The lowest BCUT2D eigenvalue weighted by Gasteiger charge is -2.06. The number of hydrogen-bond donors (Lipinski definition) is 2. The Balaban J connectivity index is 2.38. The van der Waals surface area contributed by atoms with Crippen molar-refractivity contribution in [1.82, 2.24) is 14.7 Å². The number of fused-ring (bicyclic) bond motifs is 1. The maximum absolute atomic E-state index is 12.1. The van der Waals surface area contributed by atoms with Crippen molar-refractivity contribution in [2.24, 2.45) is 0 Å². The molecule has 2 aromatic rings. The first-order valence-electron chi connectivity index (χ1n) is 5.61. The molecule has 0 aliphatic rings. The van der Waals surface area contributed by atoms with Gasteiger partial charge in [-0.3, -0.25) is 14.0 Å². The molecule has 0 aliphatic carbocycles. The molecule has 100 valence electrons. The summed E-state index contributed by atoms with van der Waals surface area (Å²) in [6.45, 7) is 0.659. The highest BCUT2D eigenvalue weighted by atomic mass is 16.5. The summed E-state index contributed by atoms with van der Waals surface area (Å²) in [5.41, 5.74) is -0.504. The fourth-order valence-electron chi connectivity index (χ4n) is 1.61. The number of aromatic nitrogens is 2. The minimum Gasteiger partial charge on any atom is -0.504 e. The molecule has 0 saturated carbocycles. The standard InChI is InChI=1S/C12H13N3O4/c1-19-6-4-13-11(17)8-7-14-10-9(16)3-2-5-15(10)12(8)18/h2-3,5,7,16H,4,6H2,1H3,(H,13,17). The summed E-state index contributed by atoms with van der Waals surface area (Å²) in [4.78, 5) is 27.8. The molecule has 0 aliphatic heterocycles. The van der Waals surface area contributed by atoms with Crippen LogP contribution in [-0.2, 0) is 4.74 Å². The van der Waals surface area contributed by atoms with Gasteiger partial charge in [0.15, 0.2) is 11.4 Å². The molecule has 0 spiro atoms. The van der Waals surface area contributed by atoms with Crippen molar-refractivity contribution in [2.75, 3.05) is 20.3 Å². The van der Waals surface area contributed by atoms with E-state index in [2.05, 4.69) is 10.3 Å². The first kappa shape index (κ1) is 13.0. The molecular weight excluding hydrogens is 250 g/mol. The second kappa shape index (κ2) is 5.49. The SMILES string of the molecule is COCCNC(=O)c1cnc2c(O)cccn2c1=O. The Hall–Kier alpha value is -2.41. The van der Waals surface area contributed by atoms with Gasteiger partial charge in [-0.15, -0.1) is 0 Å². The average Bonchev–Trinajstić information content (AvgIpc) is 2.40. The molecule has 2 heterocycles. The van der Waals surface area contributed by atoms with Crippen molar-refractivity contribution >= 4 is 11.6 Å². The van der Waals surface area contributed by atoms with Crippen LogP contribution in [0, 0.1) is 0 Å². The molecule has 2 N–H and O–H groups in total. The smallest absolute Gasteiger partial charge is 0.270 e. The van der Waals surface area contributed by atoms with Crippen LogP contribution in [0.5, 0.6) is 5.75 Å². The van der Waals surface area contributed by atoms with Crippen molar-refractivity contribution in [3.05, 3.63) is 40.4 Å². The second-order valence-electron chi connectivity index (χ2n) is 3.81. The van der Waals surface area contributed by atoms with Gasteiger partial charge < -0.3 is 15.2 Å². The Bertz CT molecular complexity index is 666. The van der Waals surface area contributed by atoms with Crippen LogP contribution in [0.4, 0.5) is 0 Å². The van der Waals surface area contributed by atoms with E-state index in [0.29, 0.717) is 13.2 Å². The van der Waals surface area contributed by atoms with Gasteiger partial charge in [-0.1, -0.05) is 0 Å². The van der Waals surface area contributed by atoms with E-state index in [-0.39, 0.29) is 17.0 Å². The number of nitrogens with one attached hydrogen (secondary N) is 1. The Morgan fingerprint density at radius 3 is 3.11 bits per heavy atom. The lowest BCUT2D eigenvalue weighted by atomic mass is 10.3. The van der Waals surface area contributed by atoms with Crippen LogP contribution in [0.2, 0.25) is 0 Å². The fraction of sp³-hybridized carbons (Fsp3) is 0.250. The number of hydrogen-bond acceptors (Lipinski definition) is 5. The summed E-state index contributed by atoms with van der Waals surface area (Å²) < 4.78 is 5.92. The topological polar surface area (TPSA) is 92.9 Å². The van der Waals surface area contributed by atoms with Gasteiger partial charge in [-0.05, 0) is 12.1 Å². The molecule has 0 saturated heterocycles. The number of methoxy groups -OCH3 is 1. The molecule has 7 nitrogen and oxygen atoms in total. The van der Waals surface area contributed by atoms with Gasteiger partial charge in [-0.25, -0.2) is 4.98 Å². The summed E-state index contributed by atoms with van der Waals surface area (Å²) in [5.74, 6) is -0.641. The number of pyridine rings is 1. The van der Waals surface area contributed by atoms with Crippen LogP contribution in [-0.4, -0.2) is 40.7 Å². The van der Waals surface area contributed by atoms with Crippen molar-refractivity contribution < 1.29 is 14.6 Å². The first-order valence-corrected chi connectivity index (χ1v) is 5.61. The van der Waals surface area contributed by atoms with Crippen molar-refractivity contribution in [1.29, 1.82) is 0 Å². The average molecular weight is 263 g/mol. The van der Waals surface area contributed by atoms with Crippen LogP contribution in [0.3, 0.4) is 0 Å². The Morgan fingerprint density at radius 1 is 1.58 bits per heavy atom. The molecule has 1 amide bonds. The first-order chi connectivity index (χ1) is 9.15. The molecular formula is C12H13N3O4. The van der Waals surface area contributed by atoms with Crippen molar-refractivity contribution in [3.63, 3.8) is 0 Å². The van der Waals surface area contributed by atoms with Crippen LogP contribution in [0.25, 0.3) is 5.65 Å². The van der Waals surface area contributed by atoms with Crippen LogP contribution >= 0.6 is 0 Å². The Kier molecular flexibility index (Phi) is 3.76. The largest absolute Gasteiger partial charge is 0.504 e. The molecule has 19 heavy (non-hydrogen) atoms. The van der Waals surface area contributed by atoms with Gasteiger partial charge in [-0.2, -0.15) is 0 Å². The number of carbonyl (C=O) groups is 1. The minimum absolute atomic E-state index is 0.0841. The van der Waals surface area contributed by atoms with E-state index in [1.54, 1.807) is 0 Å². The van der Waals surface area contributed by atoms with Gasteiger partial charge in [0.2, 0.25) is 0 Å². The quantitative estimate of drug-likeness (QED) is 0.744. The van der Waals surface area contributed by atoms with E-state index in [1.165, 1.54) is 25.4 Å². The van der Waals surface area contributed by atoms with E-state index >= 15 is 0 Å². The summed E-state index contributed by atoms with van der Waals surface area (Å²) >= 11 is 0. The van der Waals surface area contributed by atoms with Crippen LogP contribution < -0.4 is 10.9 Å². The predicted molar refractivity (Wildman–Crippen MR) is 67.3 cm³/mol.